The second-order valence-corrected chi connectivity index (χ2v) is 11.9. The minimum Gasteiger partial charge on any atom is -0.357 e. The van der Waals surface area contributed by atoms with Gasteiger partial charge in [-0.2, -0.15) is 0 Å². The average Bonchev–Trinajstić information content (AvgIpc) is 2.96. The molecule has 30 heavy (non-hydrogen) atoms. The predicted molar refractivity (Wildman–Crippen MR) is 124 cm³/mol. The molecule has 1 aromatic carbocycles. The Morgan fingerprint density at radius 1 is 1.10 bits per heavy atom. The van der Waals surface area contributed by atoms with Gasteiger partial charge in [-0.25, -0.2) is 13.4 Å². The first kappa shape index (κ1) is 23.1. The van der Waals surface area contributed by atoms with Crippen LogP contribution in [0.15, 0.2) is 29.3 Å². The first-order valence-electron chi connectivity index (χ1n) is 11.4. The summed E-state index contributed by atoms with van der Waals surface area (Å²) < 4.78 is 23.9. The summed E-state index contributed by atoms with van der Waals surface area (Å²) in [4.78, 5) is 9.50. The van der Waals surface area contributed by atoms with Gasteiger partial charge in [0.1, 0.15) is 0 Å². The lowest BCUT2D eigenvalue weighted by Crippen LogP contribution is -2.57. The summed E-state index contributed by atoms with van der Waals surface area (Å²) in [7, 11) is -3.06. The Hall–Kier alpha value is -1.60. The molecule has 7 heteroatoms. The number of aliphatic imine (C=N–C) groups is 1. The molecule has 6 nitrogen and oxygen atoms in total. The molecule has 0 aromatic heterocycles. The van der Waals surface area contributed by atoms with Crippen molar-refractivity contribution in [3.05, 3.63) is 35.4 Å². The van der Waals surface area contributed by atoms with E-state index >= 15 is 0 Å². The number of nitrogens with one attached hydrogen (secondary N) is 1. The Balaban J connectivity index is 1.67. The second-order valence-electron chi connectivity index (χ2n) is 9.18. The molecule has 2 fully saturated rings. The summed E-state index contributed by atoms with van der Waals surface area (Å²) in [6.07, 6.45) is 5.32. The molecule has 0 saturated carbocycles. The molecule has 1 N–H and O–H groups in total. The molecule has 0 bridgehead atoms. The van der Waals surface area contributed by atoms with E-state index in [1.54, 1.807) is 0 Å². The fourth-order valence-electron chi connectivity index (χ4n) is 4.30. The van der Waals surface area contributed by atoms with Gasteiger partial charge in [-0.15, -0.1) is 0 Å². The number of nitrogens with zero attached hydrogens (tertiary/aromatic N) is 3. The first-order chi connectivity index (χ1) is 14.3. The van der Waals surface area contributed by atoms with Crippen molar-refractivity contribution in [3.63, 3.8) is 0 Å². The van der Waals surface area contributed by atoms with Crippen LogP contribution < -0.4 is 5.32 Å². The van der Waals surface area contributed by atoms with Crippen LogP contribution in [0.25, 0.3) is 0 Å². The molecule has 0 amide bonds. The molecule has 2 aliphatic rings. The van der Waals surface area contributed by atoms with Gasteiger partial charge in [-0.1, -0.05) is 37.1 Å². The lowest BCUT2D eigenvalue weighted by molar-refractivity contribution is 0.277. The molecule has 0 atom stereocenters. The molecular formula is C23H38N4O2S. The Labute approximate surface area is 182 Å². The van der Waals surface area contributed by atoms with Crippen LogP contribution in [0.5, 0.6) is 0 Å². The molecule has 0 radical (unpaired) electrons. The summed E-state index contributed by atoms with van der Waals surface area (Å²) in [6, 6.07) is 8.73. The maximum absolute atomic E-state index is 12.3. The van der Waals surface area contributed by atoms with Crippen molar-refractivity contribution in [2.45, 2.75) is 64.3 Å². The summed E-state index contributed by atoms with van der Waals surface area (Å²) in [6.45, 7) is 11.4. The van der Waals surface area contributed by atoms with E-state index in [1.807, 2.05) is 20.8 Å². The van der Waals surface area contributed by atoms with Crippen LogP contribution in [-0.2, 0) is 22.9 Å². The highest BCUT2D eigenvalue weighted by Crippen LogP contribution is 2.24. The van der Waals surface area contributed by atoms with Gasteiger partial charge in [0.2, 0.25) is 0 Å². The zero-order valence-corrected chi connectivity index (χ0v) is 19.7. The number of hydrogen-bond donors (Lipinski definition) is 1. The summed E-state index contributed by atoms with van der Waals surface area (Å²) >= 11 is 0. The monoisotopic (exact) mass is 434 g/mol. The van der Waals surface area contributed by atoms with E-state index in [4.69, 9.17) is 4.99 Å². The highest BCUT2D eigenvalue weighted by atomic mass is 32.2. The molecule has 0 spiro atoms. The number of likely N-dealkylation sites (tertiary alicyclic amines) is 1. The molecule has 2 heterocycles. The Morgan fingerprint density at radius 3 is 2.47 bits per heavy atom. The van der Waals surface area contributed by atoms with Gasteiger partial charge in [0.25, 0.3) is 0 Å². The minimum atomic E-state index is -3.06. The van der Waals surface area contributed by atoms with Crippen molar-refractivity contribution in [2.75, 3.05) is 38.5 Å². The second kappa shape index (κ2) is 10.1. The quantitative estimate of drug-likeness (QED) is 0.570. The fourth-order valence-corrected chi connectivity index (χ4v) is 5.66. The first-order valence-corrected chi connectivity index (χ1v) is 13.0. The summed E-state index contributed by atoms with van der Waals surface area (Å²) in [5, 5.41) is 3.35. The van der Waals surface area contributed by atoms with Gasteiger partial charge in [-0.3, -0.25) is 4.90 Å². The van der Waals surface area contributed by atoms with E-state index in [0.29, 0.717) is 19.6 Å². The van der Waals surface area contributed by atoms with E-state index < -0.39 is 14.6 Å². The lowest BCUT2D eigenvalue weighted by atomic mass is 10.1. The minimum absolute atomic E-state index is 0.176. The van der Waals surface area contributed by atoms with E-state index in [9.17, 15) is 8.42 Å². The van der Waals surface area contributed by atoms with Gasteiger partial charge in [0, 0.05) is 26.2 Å². The van der Waals surface area contributed by atoms with E-state index in [1.165, 1.54) is 49.9 Å². The molecule has 2 aliphatic heterocycles. The van der Waals surface area contributed by atoms with Crippen LogP contribution in [-0.4, -0.2) is 67.4 Å². The third kappa shape index (κ3) is 5.97. The van der Waals surface area contributed by atoms with Gasteiger partial charge in [0.05, 0.1) is 17.0 Å². The van der Waals surface area contributed by atoms with Crippen LogP contribution in [0.1, 0.15) is 57.6 Å². The summed E-state index contributed by atoms with van der Waals surface area (Å²) in [5.74, 6) is 0.980. The third-order valence-corrected chi connectivity index (χ3v) is 8.72. The Bertz CT molecular complexity index is 827. The van der Waals surface area contributed by atoms with E-state index in [-0.39, 0.29) is 5.75 Å². The van der Waals surface area contributed by atoms with E-state index in [2.05, 4.69) is 39.4 Å². The van der Waals surface area contributed by atoms with Crippen LogP contribution in [0.4, 0.5) is 0 Å². The van der Waals surface area contributed by atoms with Crippen molar-refractivity contribution in [1.82, 2.24) is 15.1 Å². The van der Waals surface area contributed by atoms with Crippen LogP contribution in [0.2, 0.25) is 0 Å². The molecule has 0 unspecified atom stereocenters. The predicted octanol–water partition coefficient (Wildman–Crippen LogP) is 3.04. The zero-order valence-electron chi connectivity index (χ0n) is 18.9. The normalized spacial score (nSPS) is 22.5. The van der Waals surface area contributed by atoms with Gasteiger partial charge in [-0.05, 0) is 57.8 Å². The van der Waals surface area contributed by atoms with Crippen LogP contribution in [0.3, 0.4) is 0 Å². The highest BCUT2D eigenvalue weighted by Gasteiger charge is 2.40. The third-order valence-electron chi connectivity index (χ3n) is 6.19. The Morgan fingerprint density at radius 2 is 1.80 bits per heavy atom. The number of benzene rings is 1. The van der Waals surface area contributed by atoms with Crippen molar-refractivity contribution in [1.29, 1.82) is 0 Å². The Kier molecular flexibility index (Phi) is 7.80. The lowest BCUT2D eigenvalue weighted by Gasteiger charge is -2.39. The van der Waals surface area contributed by atoms with E-state index in [0.717, 1.165) is 19.0 Å². The van der Waals surface area contributed by atoms with Gasteiger partial charge in [0.15, 0.2) is 15.8 Å². The molecule has 168 valence electrons. The SMILES string of the molecule is CCNC(=NCc1cccc(CN2CCCCCC2)c1)N1CCS(=O)(=O)C(C)(C)C1. The zero-order chi connectivity index (χ0) is 21.6. The van der Waals surface area contributed by atoms with Crippen molar-refractivity contribution < 1.29 is 8.42 Å². The number of sulfone groups is 1. The number of rotatable bonds is 5. The van der Waals surface area contributed by atoms with Crippen molar-refractivity contribution in [3.8, 4) is 0 Å². The fraction of sp³-hybridized carbons (Fsp3) is 0.696. The van der Waals surface area contributed by atoms with Gasteiger partial charge >= 0.3 is 0 Å². The number of guanidine groups is 1. The maximum Gasteiger partial charge on any atom is 0.194 e. The standard InChI is InChI=1S/C23H38N4O2S/c1-4-24-22(27-14-15-30(28,29)23(2,3)19-27)25-17-20-10-9-11-21(16-20)18-26-12-7-5-6-8-13-26/h9-11,16H,4-8,12-15,17-19H2,1-3H3,(H,24,25). The van der Waals surface area contributed by atoms with Crippen LogP contribution >= 0.6 is 0 Å². The summed E-state index contributed by atoms with van der Waals surface area (Å²) in [5.41, 5.74) is 2.54. The van der Waals surface area contributed by atoms with Gasteiger partial charge < -0.3 is 10.2 Å². The van der Waals surface area contributed by atoms with Crippen molar-refractivity contribution in [2.24, 2.45) is 4.99 Å². The smallest absolute Gasteiger partial charge is 0.194 e. The number of hydrogen-bond acceptors (Lipinski definition) is 4. The average molecular weight is 435 g/mol. The van der Waals surface area contributed by atoms with Crippen LogP contribution in [0, 0.1) is 0 Å². The molecule has 2 saturated heterocycles. The molecule has 1 aromatic rings. The molecule has 0 aliphatic carbocycles. The molecule has 3 rings (SSSR count). The van der Waals surface area contributed by atoms with Crippen molar-refractivity contribution >= 4 is 15.8 Å². The maximum atomic E-state index is 12.3. The largest absolute Gasteiger partial charge is 0.357 e. The highest BCUT2D eigenvalue weighted by molar-refractivity contribution is 7.92. The topological polar surface area (TPSA) is 65.0 Å². The molecular weight excluding hydrogens is 396 g/mol.